The largest absolute Gasteiger partial charge is 0.484 e. The summed E-state index contributed by atoms with van der Waals surface area (Å²) in [6.45, 7) is -1.05. The number of para-hydroxylation sites is 1. The van der Waals surface area contributed by atoms with Crippen molar-refractivity contribution >= 4 is 5.91 Å². The zero-order valence-electron chi connectivity index (χ0n) is 11.0. The van der Waals surface area contributed by atoms with Gasteiger partial charge in [-0.3, -0.25) is 4.79 Å². The number of aliphatic hydroxyl groups excluding tert-OH is 1. The fraction of sp³-hybridized carbons (Fsp3) is 0.462. The highest BCUT2D eigenvalue weighted by atomic mass is 19.4. The van der Waals surface area contributed by atoms with Gasteiger partial charge in [0, 0.05) is 6.54 Å². The van der Waals surface area contributed by atoms with Gasteiger partial charge in [-0.15, -0.1) is 0 Å². The van der Waals surface area contributed by atoms with Crippen molar-refractivity contribution in [1.29, 1.82) is 0 Å². The number of carbonyl (C=O) groups excluding carboxylic acids is 1. The number of hydrogen-bond donors (Lipinski definition) is 1. The molecule has 0 aromatic heterocycles. The van der Waals surface area contributed by atoms with E-state index >= 15 is 0 Å². The Bertz CT molecular complexity index is 449. The van der Waals surface area contributed by atoms with Crippen molar-refractivity contribution in [1.82, 2.24) is 4.90 Å². The van der Waals surface area contributed by atoms with Crippen molar-refractivity contribution < 1.29 is 27.8 Å². The molecule has 0 aliphatic carbocycles. The first-order chi connectivity index (χ1) is 9.33. The van der Waals surface area contributed by atoms with Gasteiger partial charge in [-0.2, -0.15) is 13.2 Å². The number of aryl methyl sites for hydroxylation is 1. The Labute approximate surface area is 114 Å². The van der Waals surface area contributed by atoms with Gasteiger partial charge >= 0.3 is 6.18 Å². The summed E-state index contributed by atoms with van der Waals surface area (Å²) >= 11 is 0. The highest BCUT2D eigenvalue weighted by molar-refractivity contribution is 5.77. The molecule has 112 valence electrons. The molecule has 1 rings (SSSR count). The Morgan fingerprint density at radius 1 is 1.35 bits per heavy atom. The van der Waals surface area contributed by atoms with Crippen molar-refractivity contribution in [3.63, 3.8) is 0 Å². The Morgan fingerprint density at radius 2 is 2.00 bits per heavy atom. The van der Waals surface area contributed by atoms with E-state index in [0.29, 0.717) is 10.6 Å². The zero-order valence-corrected chi connectivity index (χ0v) is 11.0. The van der Waals surface area contributed by atoms with Crippen molar-refractivity contribution in [2.75, 3.05) is 26.3 Å². The molecule has 0 spiro atoms. The van der Waals surface area contributed by atoms with Crippen LogP contribution in [0.1, 0.15) is 5.56 Å². The molecule has 0 atom stereocenters. The van der Waals surface area contributed by atoms with E-state index in [1.165, 1.54) is 0 Å². The lowest BCUT2D eigenvalue weighted by atomic mass is 10.2. The van der Waals surface area contributed by atoms with Crippen LogP contribution < -0.4 is 4.74 Å². The minimum Gasteiger partial charge on any atom is -0.484 e. The van der Waals surface area contributed by atoms with E-state index in [-0.39, 0.29) is 6.54 Å². The van der Waals surface area contributed by atoms with Crippen LogP contribution >= 0.6 is 0 Å². The van der Waals surface area contributed by atoms with Crippen molar-refractivity contribution in [2.24, 2.45) is 0 Å². The molecular formula is C13H16F3NO3. The maximum atomic E-state index is 12.3. The summed E-state index contributed by atoms with van der Waals surface area (Å²) in [5, 5.41) is 8.71. The van der Waals surface area contributed by atoms with E-state index in [0.717, 1.165) is 5.56 Å². The molecule has 0 bridgehead atoms. The number of ether oxygens (including phenoxy) is 1. The van der Waals surface area contributed by atoms with Crippen LogP contribution in [-0.2, 0) is 4.79 Å². The van der Waals surface area contributed by atoms with Crippen LogP contribution in [-0.4, -0.2) is 48.4 Å². The van der Waals surface area contributed by atoms with Gasteiger partial charge in [0.1, 0.15) is 12.3 Å². The van der Waals surface area contributed by atoms with Crippen LogP contribution in [0.4, 0.5) is 13.2 Å². The predicted octanol–water partition coefficient (Wildman–Crippen LogP) is 1.76. The van der Waals surface area contributed by atoms with Crippen molar-refractivity contribution in [3.05, 3.63) is 29.8 Å². The maximum absolute atomic E-state index is 12.3. The summed E-state index contributed by atoms with van der Waals surface area (Å²) in [4.78, 5) is 12.2. The van der Waals surface area contributed by atoms with Crippen LogP contribution in [0.25, 0.3) is 0 Å². The Balaban J connectivity index is 2.60. The molecule has 0 heterocycles. The first kappa shape index (κ1) is 16.3. The molecule has 0 saturated carbocycles. The SMILES string of the molecule is Cc1ccccc1OCC(=O)N(CCO)CC(F)(F)F. The minimum atomic E-state index is -4.51. The summed E-state index contributed by atoms with van der Waals surface area (Å²) in [6.07, 6.45) is -4.51. The van der Waals surface area contributed by atoms with Crippen LogP contribution in [0.2, 0.25) is 0 Å². The van der Waals surface area contributed by atoms with Gasteiger partial charge in [0.2, 0.25) is 0 Å². The lowest BCUT2D eigenvalue weighted by Crippen LogP contribution is -2.42. The van der Waals surface area contributed by atoms with E-state index < -0.39 is 31.8 Å². The first-order valence-electron chi connectivity index (χ1n) is 5.97. The Kier molecular flexibility index (Phi) is 5.82. The first-order valence-corrected chi connectivity index (χ1v) is 5.97. The molecule has 0 radical (unpaired) electrons. The van der Waals surface area contributed by atoms with E-state index in [1.54, 1.807) is 31.2 Å². The molecule has 0 saturated heterocycles. The molecular weight excluding hydrogens is 275 g/mol. The zero-order chi connectivity index (χ0) is 15.2. The van der Waals surface area contributed by atoms with Crippen LogP contribution in [0.15, 0.2) is 24.3 Å². The number of alkyl halides is 3. The monoisotopic (exact) mass is 291 g/mol. The third kappa shape index (κ3) is 5.48. The Hall–Kier alpha value is -1.76. The number of rotatable bonds is 6. The molecule has 0 aliphatic rings. The Morgan fingerprint density at radius 3 is 2.55 bits per heavy atom. The van der Waals surface area contributed by atoms with Crippen LogP contribution in [0, 0.1) is 6.92 Å². The highest BCUT2D eigenvalue weighted by Gasteiger charge is 2.32. The number of halogens is 3. The molecule has 0 unspecified atom stereocenters. The van der Waals surface area contributed by atoms with Crippen LogP contribution in [0.5, 0.6) is 5.75 Å². The van der Waals surface area contributed by atoms with E-state index in [2.05, 4.69) is 0 Å². The molecule has 7 heteroatoms. The second kappa shape index (κ2) is 7.14. The average Bonchev–Trinajstić information content (AvgIpc) is 2.35. The van der Waals surface area contributed by atoms with Gasteiger partial charge < -0.3 is 14.7 Å². The van der Waals surface area contributed by atoms with E-state index in [9.17, 15) is 18.0 Å². The highest BCUT2D eigenvalue weighted by Crippen LogP contribution is 2.18. The molecule has 1 aromatic rings. The van der Waals surface area contributed by atoms with E-state index in [4.69, 9.17) is 9.84 Å². The molecule has 4 nitrogen and oxygen atoms in total. The number of amides is 1. The van der Waals surface area contributed by atoms with Crippen molar-refractivity contribution in [3.8, 4) is 5.75 Å². The lowest BCUT2D eigenvalue weighted by Gasteiger charge is -2.23. The third-order valence-electron chi connectivity index (χ3n) is 2.54. The maximum Gasteiger partial charge on any atom is 0.406 e. The molecule has 0 fully saturated rings. The van der Waals surface area contributed by atoms with Gasteiger partial charge in [-0.05, 0) is 18.6 Å². The van der Waals surface area contributed by atoms with E-state index in [1.807, 2.05) is 0 Å². The summed E-state index contributed by atoms with van der Waals surface area (Å²) in [7, 11) is 0. The third-order valence-corrected chi connectivity index (χ3v) is 2.54. The minimum absolute atomic E-state index is 0.379. The summed E-state index contributed by atoms with van der Waals surface area (Å²) in [5.41, 5.74) is 0.782. The molecule has 20 heavy (non-hydrogen) atoms. The second-order valence-electron chi connectivity index (χ2n) is 4.21. The molecule has 0 aliphatic heterocycles. The summed E-state index contributed by atoms with van der Waals surface area (Å²) in [6, 6.07) is 6.88. The quantitative estimate of drug-likeness (QED) is 0.869. The fourth-order valence-corrected chi connectivity index (χ4v) is 1.58. The molecule has 1 amide bonds. The lowest BCUT2D eigenvalue weighted by molar-refractivity contribution is -0.163. The number of aliphatic hydroxyl groups is 1. The number of carbonyl (C=O) groups is 1. The second-order valence-corrected chi connectivity index (χ2v) is 4.21. The van der Waals surface area contributed by atoms with Gasteiger partial charge in [0.15, 0.2) is 6.61 Å². The normalized spacial score (nSPS) is 11.2. The average molecular weight is 291 g/mol. The summed E-state index contributed by atoms with van der Waals surface area (Å²) in [5.74, 6) is -0.378. The van der Waals surface area contributed by atoms with Gasteiger partial charge in [0.25, 0.3) is 5.91 Å². The molecule has 1 aromatic carbocycles. The number of nitrogens with zero attached hydrogens (tertiary/aromatic N) is 1. The smallest absolute Gasteiger partial charge is 0.406 e. The fourth-order valence-electron chi connectivity index (χ4n) is 1.58. The van der Waals surface area contributed by atoms with Crippen LogP contribution in [0.3, 0.4) is 0 Å². The van der Waals surface area contributed by atoms with Gasteiger partial charge in [-0.1, -0.05) is 18.2 Å². The van der Waals surface area contributed by atoms with Gasteiger partial charge in [0.05, 0.1) is 6.61 Å². The van der Waals surface area contributed by atoms with Gasteiger partial charge in [-0.25, -0.2) is 0 Å². The number of benzene rings is 1. The predicted molar refractivity (Wildman–Crippen MR) is 66.4 cm³/mol. The molecule has 1 N–H and O–H groups in total. The number of hydrogen-bond acceptors (Lipinski definition) is 3. The standard InChI is InChI=1S/C13H16F3NO3/c1-10-4-2-3-5-11(10)20-8-12(19)17(6-7-18)9-13(14,15)16/h2-5,18H,6-9H2,1H3. The topological polar surface area (TPSA) is 49.8 Å². The summed E-state index contributed by atoms with van der Waals surface area (Å²) < 4.78 is 42.1. The van der Waals surface area contributed by atoms with Crippen molar-refractivity contribution in [2.45, 2.75) is 13.1 Å².